The molecule has 0 bridgehead atoms. The molecular weight excluding hydrogens is 354 g/mol. The number of aryl methyl sites for hydroxylation is 1. The summed E-state index contributed by atoms with van der Waals surface area (Å²) in [5.41, 5.74) is 0.985. The molecule has 1 fully saturated rings. The first-order valence-corrected chi connectivity index (χ1v) is 11.1. The van der Waals surface area contributed by atoms with Gasteiger partial charge in [0.05, 0.1) is 29.1 Å². The smallest absolute Gasteiger partial charge is 0.243 e. The molecule has 136 valence electrons. The number of hydrogen-bond donors (Lipinski definition) is 2. The quantitative estimate of drug-likeness (QED) is 0.679. The van der Waals surface area contributed by atoms with Crippen molar-refractivity contribution in [3.63, 3.8) is 0 Å². The normalized spacial score (nSPS) is 21.9. The molecule has 24 heavy (non-hydrogen) atoms. The molecule has 1 heterocycles. The van der Waals surface area contributed by atoms with Crippen molar-refractivity contribution in [3.05, 3.63) is 29.8 Å². The highest BCUT2D eigenvalue weighted by Crippen LogP contribution is 2.25. The summed E-state index contributed by atoms with van der Waals surface area (Å²) in [5, 5.41) is 18.7. The summed E-state index contributed by atoms with van der Waals surface area (Å²) >= 11 is 0. The second-order valence-corrected chi connectivity index (χ2v) is 10.1. The first-order chi connectivity index (χ1) is 11.2. The molecular formula is C15H23NO6S2. The summed E-state index contributed by atoms with van der Waals surface area (Å²) in [5.74, 6) is -0.342. The summed E-state index contributed by atoms with van der Waals surface area (Å²) in [6, 6.07) is 5.65. The lowest BCUT2D eigenvalue weighted by molar-refractivity contribution is 0.0730. The van der Waals surface area contributed by atoms with E-state index >= 15 is 0 Å². The van der Waals surface area contributed by atoms with Crippen molar-refractivity contribution in [2.24, 2.45) is 0 Å². The Morgan fingerprint density at radius 3 is 2.38 bits per heavy atom. The third-order valence-corrected chi connectivity index (χ3v) is 7.84. The molecule has 2 N–H and O–H groups in total. The van der Waals surface area contributed by atoms with Crippen LogP contribution in [0.5, 0.6) is 0 Å². The van der Waals surface area contributed by atoms with Crippen LogP contribution in [-0.2, 0) is 26.3 Å². The van der Waals surface area contributed by atoms with E-state index < -0.39 is 38.6 Å². The average molecular weight is 377 g/mol. The van der Waals surface area contributed by atoms with Gasteiger partial charge in [0.15, 0.2) is 9.84 Å². The van der Waals surface area contributed by atoms with E-state index in [4.69, 9.17) is 5.11 Å². The first-order valence-electron chi connectivity index (χ1n) is 7.79. The summed E-state index contributed by atoms with van der Waals surface area (Å²) < 4.78 is 50.3. The predicted octanol–water partition coefficient (Wildman–Crippen LogP) is -0.220. The van der Waals surface area contributed by atoms with Crippen LogP contribution in [0.4, 0.5) is 0 Å². The van der Waals surface area contributed by atoms with Gasteiger partial charge in [0, 0.05) is 12.6 Å². The molecule has 0 radical (unpaired) electrons. The van der Waals surface area contributed by atoms with Gasteiger partial charge in [0.2, 0.25) is 10.0 Å². The highest BCUT2D eigenvalue weighted by Gasteiger charge is 2.39. The Balaban J connectivity index is 2.36. The molecule has 0 spiro atoms. The molecule has 2 rings (SSSR count). The fourth-order valence-corrected chi connectivity index (χ4v) is 6.26. The Morgan fingerprint density at radius 1 is 1.29 bits per heavy atom. The maximum absolute atomic E-state index is 12.9. The van der Waals surface area contributed by atoms with Gasteiger partial charge in [0.25, 0.3) is 0 Å². The molecule has 1 saturated heterocycles. The molecule has 0 amide bonds. The van der Waals surface area contributed by atoms with Crippen LogP contribution in [0.3, 0.4) is 0 Å². The first kappa shape index (κ1) is 19.3. The second kappa shape index (κ2) is 7.49. The average Bonchev–Trinajstić information content (AvgIpc) is 2.91. The monoisotopic (exact) mass is 377 g/mol. The predicted molar refractivity (Wildman–Crippen MR) is 89.9 cm³/mol. The Morgan fingerprint density at radius 2 is 1.92 bits per heavy atom. The Kier molecular flexibility index (Phi) is 6.03. The van der Waals surface area contributed by atoms with Crippen LogP contribution in [0.25, 0.3) is 0 Å². The van der Waals surface area contributed by atoms with E-state index in [0.29, 0.717) is 0 Å². The minimum absolute atomic E-state index is 0.0501. The van der Waals surface area contributed by atoms with Crippen LogP contribution >= 0.6 is 0 Å². The molecule has 1 aliphatic heterocycles. The fourth-order valence-electron chi connectivity index (χ4n) is 2.74. The van der Waals surface area contributed by atoms with E-state index in [-0.39, 0.29) is 29.4 Å². The van der Waals surface area contributed by atoms with Crippen molar-refractivity contribution in [2.45, 2.75) is 36.8 Å². The maximum atomic E-state index is 12.9. The zero-order valence-electron chi connectivity index (χ0n) is 13.5. The second-order valence-electron chi connectivity index (χ2n) is 5.97. The molecule has 0 unspecified atom stereocenters. The van der Waals surface area contributed by atoms with E-state index in [1.54, 1.807) is 12.1 Å². The summed E-state index contributed by atoms with van der Waals surface area (Å²) in [6.45, 7) is 1.02. The number of hydrogen-bond acceptors (Lipinski definition) is 6. The molecule has 1 aliphatic rings. The van der Waals surface area contributed by atoms with Crippen LogP contribution in [0, 0.1) is 0 Å². The minimum atomic E-state index is -3.97. The lowest BCUT2D eigenvalue weighted by Crippen LogP contribution is -2.46. The summed E-state index contributed by atoms with van der Waals surface area (Å²) in [6.07, 6.45) is -0.307. The molecule has 1 aromatic carbocycles. The molecule has 1 aromatic rings. The van der Waals surface area contributed by atoms with Gasteiger partial charge in [-0.1, -0.05) is 19.1 Å². The van der Waals surface area contributed by atoms with Crippen molar-refractivity contribution in [2.75, 3.05) is 24.7 Å². The van der Waals surface area contributed by atoms with Crippen LogP contribution in [0.1, 0.15) is 18.9 Å². The van der Waals surface area contributed by atoms with E-state index in [9.17, 15) is 21.9 Å². The minimum Gasteiger partial charge on any atom is -0.394 e. The Labute approximate surface area is 142 Å². The lowest BCUT2D eigenvalue weighted by atomic mass is 10.2. The van der Waals surface area contributed by atoms with Gasteiger partial charge in [-0.25, -0.2) is 16.8 Å². The molecule has 7 nitrogen and oxygen atoms in total. The van der Waals surface area contributed by atoms with Crippen molar-refractivity contribution >= 4 is 19.9 Å². The zero-order chi connectivity index (χ0) is 18.0. The van der Waals surface area contributed by atoms with Crippen LogP contribution in [0.15, 0.2) is 29.2 Å². The van der Waals surface area contributed by atoms with Gasteiger partial charge < -0.3 is 10.2 Å². The maximum Gasteiger partial charge on any atom is 0.243 e. The number of rotatable bonds is 7. The van der Waals surface area contributed by atoms with Gasteiger partial charge in [0.1, 0.15) is 0 Å². The van der Waals surface area contributed by atoms with Gasteiger partial charge in [-0.3, -0.25) is 0 Å². The Bertz CT molecular complexity index is 758. The summed E-state index contributed by atoms with van der Waals surface area (Å²) in [7, 11) is -7.25. The number of aliphatic hydroxyl groups is 2. The third kappa shape index (κ3) is 4.34. The Hall–Kier alpha value is -1.00. The molecule has 0 aromatic heterocycles. The number of sulfone groups is 1. The molecule has 0 saturated carbocycles. The van der Waals surface area contributed by atoms with Crippen molar-refractivity contribution in [1.82, 2.24) is 4.31 Å². The highest BCUT2D eigenvalue weighted by atomic mass is 32.2. The number of nitrogens with zero attached hydrogens (tertiary/aromatic N) is 1. The van der Waals surface area contributed by atoms with Crippen molar-refractivity contribution < 1.29 is 27.0 Å². The number of sulfonamides is 1. The standard InChI is InChI=1S/C15H23NO6S2/c1-2-12-3-5-15(6-4-12)24(21,22)16(9-14(18)10-17)13-7-8-23(19,20)11-13/h3-6,13-14,17-18H,2,7-11H2,1H3/t13-,14-/m1/s1. The largest absolute Gasteiger partial charge is 0.394 e. The van der Waals surface area contributed by atoms with Gasteiger partial charge >= 0.3 is 0 Å². The van der Waals surface area contributed by atoms with E-state index in [1.165, 1.54) is 12.1 Å². The SMILES string of the molecule is CCc1ccc(S(=O)(=O)N(C[C@@H](O)CO)[C@@H]2CCS(=O)(=O)C2)cc1. The zero-order valence-corrected chi connectivity index (χ0v) is 15.1. The van der Waals surface area contributed by atoms with E-state index in [0.717, 1.165) is 16.3 Å². The van der Waals surface area contributed by atoms with E-state index in [2.05, 4.69) is 0 Å². The van der Waals surface area contributed by atoms with Gasteiger partial charge in [-0.2, -0.15) is 4.31 Å². The fraction of sp³-hybridized carbons (Fsp3) is 0.600. The highest BCUT2D eigenvalue weighted by molar-refractivity contribution is 7.92. The number of benzene rings is 1. The summed E-state index contributed by atoms with van der Waals surface area (Å²) in [4.78, 5) is 0.0501. The van der Waals surface area contributed by atoms with Gasteiger partial charge in [-0.15, -0.1) is 0 Å². The van der Waals surface area contributed by atoms with E-state index in [1.807, 2.05) is 6.92 Å². The number of aliphatic hydroxyl groups excluding tert-OH is 2. The van der Waals surface area contributed by atoms with Crippen LogP contribution in [0.2, 0.25) is 0 Å². The van der Waals surface area contributed by atoms with Crippen LogP contribution in [-0.4, -0.2) is 68.2 Å². The third-order valence-electron chi connectivity index (χ3n) is 4.16. The van der Waals surface area contributed by atoms with Crippen molar-refractivity contribution in [1.29, 1.82) is 0 Å². The molecule has 2 atom stereocenters. The van der Waals surface area contributed by atoms with Crippen LogP contribution < -0.4 is 0 Å². The topological polar surface area (TPSA) is 112 Å². The van der Waals surface area contributed by atoms with Gasteiger partial charge in [-0.05, 0) is 30.5 Å². The van der Waals surface area contributed by atoms with Crippen molar-refractivity contribution in [3.8, 4) is 0 Å². The lowest BCUT2D eigenvalue weighted by Gasteiger charge is -2.29. The molecule has 9 heteroatoms. The molecule has 0 aliphatic carbocycles.